The average Bonchev–Trinajstić information content (AvgIpc) is 2.39. The van der Waals surface area contributed by atoms with Crippen LogP contribution in [-0.2, 0) is 6.61 Å². The summed E-state index contributed by atoms with van der Waals surface area (Å²) < 4.78 is 24.1. The first-order chi connectivity index (χ1) is 9.11. The van der Waals surface area contributed by atoms with Gasteiger partial charge >= 0.3 is 0 Å². The van der Waals surface area contributed by atoms with E-state index in [0.29, 0.717) is 11.4 Å². The number of rotatable bonds is 4. The third-order valence-electron chi connectivity index (χ3n) is 2.60. The van der Waals surface area contributed by atoms with Crippen molar-refractivity contribution >= 4 is 17.3 Å². The molecule has 3 nitrogen and oxygen atoms in total. The predicted octanol–water partition coefficient (Wildman–Crippen LogP) is 3.65. The number of anilines is 1. The molecule has 2 aromatic rings. The summed E-state index contributed by atoms with van der Waals surface area (Å²) in [6.45, 7) is 0.143. The summed E-state index contributed by atoms with van der Waals surface area (Å²) in [5, 5.41) is 0.231. The molecule has 0 fully saturated rings. The Morgan fingerprint density at radius 2 is 2.05 bits per heavy atom. The number of benzene rings is 2. The molecule has 0 radical (unpaired) electrons. The zero-order chi connectivity index (χ0) is 13.8. The maximum atomic E-state index is 13.5. The Labute approximate surface area is 115 Å². The lowest BCUT2D eigenvalue weighted by Crippen LogP contribution is -2.01. The van der Waals surface area contributed by atoms with E-state index in [1.54, 1.807) is 24.3 Å². The lowest BCUT2D eigenvalue weighted by atomic mass is 10.2. The first kappa shape index (κ1) is 13.5. The van der Waals surface area contributed by atoms with Crippen molar-refractivity contribution < 1.29 is 13.9 Å². The summed E-state index contributed by atoms with van der Waals surface area (Å²) in [5.74, 6) is 0.123. The van der Waals surface area contributed by atoms with Gasteiger partial charge in [0.2, 0.25) is 0 Å². The largest absolute Gasteiger partial charge is 0.496 e. The fraction of sp³-hybridized carbons (Fsp3) is 0.143. The number of halogens is 2. The number of nitrogen functional groups attached to an aromatic ring is 1. The molecule has 0 bridgehead atoms. The highest BCUT2D eigenvalue weighted by atomic mass is 35.5. The van der Waals surface area contributed by atoms with Gasteiger partial charge in [0, 0.05) is 17.3 Å². The average molecular weight is 282 g/mol. The van der Waals surface area contributed by atoms with Crippen molar-refractivity contribution in [3.05, 3.63) is 52.8 Å². The molecule has 0 amide bonds. The quantitative estimate of drug-likeness (QED) is 0.870. The van der Waals surface area contributed by atoms with Crippen molar-refractivity contribution in [2.75, 3.05) is 12.8 Å². The summed E-state index contributed by atoms with van der Waals surface area (Å²) in [6.07, 6.45) is 0. The molecule has 0 aliphatic carbocycles. The SMILES string of the molecule is COc1cc(N)ccc1COc1c(F)cccc1Cl. The Bertz CT molecular complexity index is 569. The number of hydrogen-bond acceptors (Lipinski definition) is 3. The molecular formula is C14H13ClFNO2. The van der Waals surface area contributed by atoms with Crippen molar-refractivity contribution in [3.63, 3.8) is 0 Å². The molecule has 0 saturated heterocycles. The van der Waals surface area contributed by atoms with E-state index in [1.165, 1.54) is 19.2 Å². The van der Waals surface area contributed by atoms with E-state index in [2.05, 4.69) is 0 Å². The fourth-order valence-corrected chi connectivity index (χ4v) is 1.87. The third-order valence-corrected chi connectivity index (χ3v) is 2.90. The summed E-state index contributed by atoms with van der Waals surface area (Å²) in [6, 6.07) is 9.56. The number of hydrogen-bond donors (Lipinski definition) is 1. The number of para-hydroxylation sites is 1. The molecule has 0 aliphatic heterocycles. The summed E-state index contributed by atoms with van der Waals surface area (Å²) in [5.41, 5.74) is 7.00. The zero-order valence-electron chi connectivity index (χ0n) is 10.3. The Hall–Kier alpha value is -1.94. The highest BCUT2D eigenvalue weighted by Gasteiger charge is 2.10. The first-order valence-electron chi connectivity index (χ1n) is 5.61. The van der Waals surface area contributed by atoms with Crippen LogP contribution >= 0.6 is 11.6 Å². The van der Waals surface area contributed by atoms with Crippen LogP contribution in [0.4, 0.5) is 10.1 Å². The van der Waals surface area contributed by atoms with Gasteiger partial charge in [-0.15, -0.1) is 0 Å². The van der Waals surface area contributed by atoms with E-state index in [4.69, 9.17) is 26.8 Å². The van der Waals surface area contributed by atoms with Gasteiger partial charge in [-0.25, -0.2) is 4.39 Å². The van der Waals surface area contributed by atoms with Crippen molar-refractivity contribution in [1.29, 1.82) is 0 Å². The van der Waals surface area contributed by atoms with Crippen LogP contribution in [0.2, 0.25) is 5.02 Å². The molecule has 2 N–H and O–H groups in total. The number of methoxy groups -OCH3 is 1. The van der Waals surface area contributed by atoms with Crippen molar-refractivity contribution in [1.82, 2.24) is 0 Å². The minimum Gasteiger partial charge on any atom is -0.496 e. The minimum atomic E-state index is -0.498. The van der Waals surface area contributed by atoms with E-state index in [1.807, 2.05) is 0 Å². The van der Waals surface area contributed by atoms with Crippen molar-refractivity contribution in [2.24, 2.45) is 0 Å². The van der Waals surface area contributed by atoms with E-state index in [0.717, 1.165) is 5.56 Å². The second-order valence-corrected chi connectivity index (χ2v) is 4.32. The van der Waals surface area contributed by atoms with Gasteiger partial charge in [-0.1, -0.05) is 17.7 Å². The summed E-state index contributed by atoms with van der Waals surface area (Å²) in [7, 11) is 1.54. The van der Waals surface area contributed by atoms with Gasteiger partial charge in [0.15, 0.2) is 11.6 Å². The topological polar surface area (TPSA) is 44.5 Å². The Morgan fingerprint density at radius 3 is 2.74 bits per heavy atom. The molecule has 0 aromatic heterocycles. The Morgan fingerprint density at radius 1 is 1.26 bits per heavy atom. The summed E-state index contributed by atoms with van der Waals surface area (Å²) >= 11 is 5.88. The van der Waals surface area contributed by atoms with Crippen LogP contribution in [0.25, 0.3) is 0 Å². The zero-order valence-corrected chi connectivity index (χ0v) is 11.1. The maximum absolute atomic E-state index is 13.5. The van der Waals surface area contributed by atoms with Crippen LogP contribution in [0, 0.1) is 5.82 Å². The highest BCUT2D eigenvalue weighted by Crippen LogP contribution is 2.29. The molecule has 0 spiro atoms. The predicted molar refractivity (Wildman–Crippen MR) is 73.1 cm³/mol. The molecule has 0 unspecified atom stereocenters. The second-order valence-electron chi connectivity index (χ2n) is 3.91. The lowest BCUT2D eigenvalue weighted by Gasteiger charge is -2.12. The Balaban J connectivity index is 2.19. The standard InChI is InChI=1S/C14H13ClFNO2/c1-18-13-7-10(17)6-5-9(13)8-19-14-11(15)3-2-4-12(14)16/h2-7H,8,17H2,1H3. The molecule has 100 valence electrons. The van der Waals surface area contributed by atoms with Crippen LogP contribution in [0.3, 0.4) is 0 Å². The lowest BCUT2D eigenvalue weighted by molar-refractivity contribution is 0.283. The van der Waals surface area contributed by atoms with Crippen LogP contribution in [0.1, 0.15) is 5.56 Å². The number of nitrogens with two attached hydrogens (primary N) is 1. The van der Waals surface area contributed by atoms with Gasteiger partial charge in [0.25, 0.3) is 0 Å². The normalized spacial score (nSPS) is 10.3. The minimum absolute atomic E-state index is 0.0306. The van der Waals surface area contributed by atoms with Crippen LogP contribution < -0.4 is 15.2 Å². The van der Waals surface area contributed by atoms with Crippen molar-refractivity contribution in [2.45, 2.75) is 6.61 Å². The van der Waals surface area contributed by atoms with E-state index in [9.17, 15) is 4.39 Å². The van der Waals surface area contributed by atoms with Crippen molar-refractivity contribution in [3.8, 4) is 11.5 Å². The molecular weight excluding hydrogens is 269 g/mol. The van der Waals surface area contributed by atoms with E-state index >= 15 is 0 Å². The fourth-order valence-electron chi connectivity index (χ4n) is 1.65. The van der Waals surface area contributed by atoms with Gasteiger partial charge in [0.05, 0.1) is 12.1 Å². The first-order valence-corrected chi connectivity index (χ1v) is 5.99. The van der Waals surface area contributed by atoms with Gasteiger partial charge in [-0.05, 0) is 24.3 Å². The van der Waals surface area contributed by atoms with Gasteiger partial charge in [-0.3, -0.25) is 0 Å². The van der Waals surface area contributed by atoms with E-state index < -0.39 is 5.82 Å². The molecule has 0 atom stereocenters. The highest BCUT2D eigenvalue weighted by molar-refractivity contribution is 6.32. The van der Waals surface area contributed by atoms with Crippen LogP contribution in [0.15, 0.2) is 36.4 Å². The third kappa shape index (κ3) is 3.09. The van der Waals surface area contributed by atoms with Gasteiger partial charge < -0.3 is 15.2 Å². The monoisotopic (exact) mass is 281 g/mol. The number of ether oxygens (including phenoxy) is 2. The molecule has 0 aliphatic rings. The molecule has 0 saturated carbocycles. The smallest absolute Gasteiger partial charge is 0.174 e. The molecule has 19 heavy (non-hydrogen) atoms. The van der Waals surface area contributed by atoms with Crippen LogP contribution in [-0.4, -0.2) is 7.11 Å². The van der Waals surface area contributed by atoms with Gasteiger partial charge in [-0.2, -0.15) is 0 Å². The molecule has 2 aromatic carbocycles. The molecule has 0 heterocycles. The van der Waals surface area contributed by atoms with Crippen LogP contribution in [0.5, 0.6) is 11.5 Å². The maximum Gasteiger partial charge on any atom is 0.174 e. The summed E-state index contributed by atoms with van der Waals surface area (Å²) in [4.78, 5) is 0. The Kier molecular flexibility index (Phi) is 4.12. The second kappa shape index (κ2) is 5.80. The molecule has 5 heteroatoms. The van der Waals surface area contributed by atoms with E-state index in [-0.39, 0.29) is 17.4 Å². The molecule has 2 rings (SSSR count). The van der Waals surface area contributed by atoms with Gasteiger partial charge in [0.1, 0.15) is 12.4 Å².